The van der Waals surface area contributed by atoms with Crippen LogP contribution in [0, 0.1) is 0 Å². The lowest BCUT2D eigenvalue weighted by atomic mass is 10.1. The maximum atomic E-state index is 13.5. The third-order valence-corrected chi connectivity index (χ3v) is 5.62. The highest BCUT2D eigenvalue weighted by molar-refractivity contribution is 6.07. The van der Waals surface area contributed by atoms with E-state index in [1.807, 2.05) is 45.9 Å². The van der Waals surface area contributed by atoms with E-state index in [-0.39, 0.29) is 18.2 Å². The smallest absolute Gasteiger partial charge is 0.407 e. The van der Waals surface area contributed by atoms with Gasteiger partial charge in [-0.05, 0) is 64.0 Å². The van der Waals surface area contributed by atoms with Gasteiger partial charge in [-0.2, -0.15) is 0 Å². The molecule has 202 valence electrons. The molecule has 0 bridgehead atoms. The molecule has 2 aromatic carbocycles. The first kappa shape index (κ1) is 28.4. The summed E-state index contributed by atoms with van der Waals surface area (Å²) in [5.74, 6) is -0.0200. The van der Waals surface area contributed by atoms with Crippen LogP contribution in [-0.4, -0.2) is 53.9 Å². The highest BCUT2D eigenvalue weighted by atomic mass is 16.6. The van der Waals surface area contributed by atoms with Crippen molar-refractivity contribution in [2.45, 2.75) is 52.6 Å². The lowest BCUT2D eigenvalue weighted by Crippen LogP contribution is -2.37. The maximum absolute atomic E-state index is 13.5. The van der Waals surface area contributed by atoms with Crippen molar-refractivity contribution in [3.8, 4) is 0 Å². The average molecular weight is 520 g/mol. The molecule has 0 atom stereocenters. The van der Waals surface area contributed by atoms with Gasteiger partial charge >= 0.3 is 6.09 Å². The Bertz CT molecular complexity index is 1220. The van der Waals surface area contributed by atoms with E-state index >= 15 is 0 Å². The van der Waals surface area contributed by atoms with Crippen LogP contribution in [0.5, 0.6) is 0 Å². The fourth-order valence-electron chi connectivity index (χ4n) is 3.96. The first-order chi connectivity index (χ1) is 18.1. The summed E-state index contributed by atoms with van der Waals surface area (Å²) >= 11 is 0. The molecule has 0 aliphatic carbocycles. The van der Waals surface area contributed by atoms with E-state index in [9.17, 15) is 14.4 Å². The van der Waals surface area contributed by atoms with Crippen LogP contribution < -0.4 is 16.4 Å². The quantitative estimate of drug-likeness (QED) is 0.408. The highest BCUT2D eigenvalue weighted by Crippen LogP contribution is 2.30. The number of hydrogen-bond donors (Lipinski definition) is 3. The number of carbonyl (C=O) groups excluding carboxylic acids is 3. The number of anilines is 1. The average Bonchev–Trinajstić information content (AvgIpc) is 3.02. The van der Waals surface area contributed by atoms with Gasteiger partial charge in [0.05, 0.1) is 5.69 Å². The summed E-state index contributed by atoms with van der Waals surface area (Å²) in [5.41, 5.74) is 8.63. The Labute approximate surface area is 224 Å². The third kappa shape index (κ3) is 8.47. The summed E-state index contributed by atoms with van der Waals surface area (Å²) < 4.78 is 5.26. The highest BCUT2D eigenvalue weighted by Gasteiger charge is 2.22. The number of aliphatic imine (C=N–C) groups is 1. The van der Waals surface area contributed by atoms with Gasteiger partial charge in [0.15, 0.2) is 0 Å². The van der Waals surface area contributed by atoms with Gasteiger partial charge in [-0.1, -0.05) is 31.2 Å². The van der Waals surface area contributed by atoms with Gasteiger partial charge in [0.25, 0.3) is 5.91 Å². The molecule has 3 rings (SSSR count). The van der Waals surface area contributed by atoms with Crippen molar-refractivity contribution in [1.29, 1.82) is 0 Å². The lowest BCUT2D eigenvalue weighted by Gasteiger charge is -2.24. The van der Waals surface area contributed by atoms with E-state index in [1.54, 1.807) is 41.3 Å². The Balaban J connectivity index is 1.69. The Morgan fingerprint density at radius 1 is 1.08 bits per heavy atom. The van der Waals surface area contributed by atoms with Gasteiger partial charge in [0.1, 0.15) is 11.4 Å². The van der Waals surface area contributed by atoms with Crippen molar-refractivity contribution in [3.05, 3.63) is 65.2 Å². The van der Waals surface area contributed by atoms with Crippen LogP contribution in [0.15, 0.2) is 59.1 Å². The van der Waals surface area contributed by atoms with E-state index in [2.05, 4.69) is 15.6 Å². The van der Waals surface area contributed by atoms with E-state index in [1.165, 1.54) is 0 Å². The predicted octanol–water partition coefficient (Wildman–Crippen LogP) is 4.87. The van der Waals surface area contributed by atoms with Crippen molar-refractivity contribution in [3.63, 3.8) is 0 Å². The third-order valence-electron chi connectivity index (χ3n) is 5.62. The zero-order valence-corrected chi connectivity index (χ0v) is 22.5. The summed E-state index contributed by atoms with van der Waals surface area (Å²) in [6.07, 6.45) is 2.94. The number of alkyl carbamates (subject to hydrolysis) is 1. The van der Waals surface area contributed by atoms with Crippen LogP contribution in [0.2, 0.25) is 0 Å². The van der Waals surface area contributed by atoms with Crippen LogP contribution in [0.4, 0.5) is 16.2 Å². The molecule has 4 N–H and O–H groups in total. The molecule has 1 aliphatic heterocycles. The Morgan fingerprint density at radius 3 is 2.50 bits per heavy atom. The molecule has 1 heterocycles. The molecular weight excluding hydrogens is 482 g/mol. The molecule has 0 aromatic heterocycles. The van der Waals surface area contributed by atoms with Gasteiger partial charge in [0.2, 0.25) is 5.91 Å². The van der Waals surface area contributed by atoms with Crippen LogP contribution in [-0.2, 0) is 9.53 Å². The molecule has 0 fully saturated rings. The standard InChI is InChI=1S/C29H37N5O4/c1-5-15-34(16-9-14-31-28(37)38-29(2,3)4)27(36)22-17-21-12-13-23(19-24(21)33-25(30)18-22)32-26(35)20-10-7-6-8-11-20/h6-8,10-13,17,19H,5,9,14-16,18H2,1-4H3,(H2,30,33)(H,31,37)(H,32,35). The number of amidine groups is 1. The van der Waals surface area contributed by atoms with Crippen LogP contribution in [0.25, 0.3) is 6.08 Å². The van der Waals surface area contributed by atoms with Gasteiger partial charge in [0, 0.05) is 48.4 Å². The molecule has 1 aliphatic rings. The van der Waals surface area contributed by atoms with Crippen molar-refractivity contribution in [2.24, 2.45) is 10.7 Å². The Morgan fingerprint density at radius 2 is 1.82 bits per heavy atom. The second-order valence-corrected chi connectivity index (χ2v) is 10.1. The second kappa shape index (κ2) is 12.9. The van der Waals surface area contributed by atoms with Crippen molar-refractivity contribution >= 4 is 41.2 Å². The van der Waals surface area contributed by atoms with E-state index < -0.39 is 11.7 Å². The molecule has 38 heavy (non-hydrogen) atoms. The van der Waals surface area contributed by atoms with Crippen LogP contribution in [0.3, 0.4) is 0 Å². The number of rotatable bonds is 9. The first-order valence-electron chi connectivity index (χ1n) is 12.9. The molecule has 2 aromatic rings. The maximum Gasteiger partial charge on any atom is 0.407 e. The number of ether oxygens (including phenoxy) is 1. The largest absolute Gasteiger partial charge is 0.444 e. The monoisotopic (exact) mass is 519 g/mol. The number of carbonyl (C=O) groups is 3. The topological polar surface area (TPSA) is 126 Å². The Kier molecular flexibility index (Phi) is 9.65. The molecule has 0 spiro atoms. The summed E-state index contributed by atoms with van der Waals surface area (Å²) in [4.78, 5) is 44.2. The number of hydrogen-bond acceptors (Lipinski definition) is 6. The number of nitrogens with zero attached hydrogens (tertiary/aromatic N) is 2. The van der Waals surface area contributed by atoms with Crippen molar-refractivity contribution in [2.75, 3.05) is 25.0 Å². The first-order valence-corrected chi connectivity index (χ1v) is 12.9. The molecule has 9 heteroatoms. The molecule has 0 saturated heterocycles. The van der Waals surface area contributed by atoms with Crippen molar-refractivity contribution in [1.82, 2.24) is 10.2 Å². The molecule has 0 unspecified atom stereocenters. The lowest BCUT2D eigenvalue weighted by molar-refractivity contribution is -0.127. The van der Waals surface area contributed by atoms with Crippen molar-refractivity contribution < 1.29 is 19.1 Å². The predicted molar refractivity (Wildman–Crippen MR) is 150 cm³/mol. The summed E-state index contributed by atoms with van der Waals surface area (Å²) in [6, 6.07) is 14.3. The normalized spacial score (nSPS) is 12.8. The fraction of sp³-hybridized carbons (Fsp3) is 0.379. The fourth-order valence-corrected chi connectivity index (χ4v) is 3.96. The minimum Gasteiger partial charge on any atom is -0.444 e. The summed E-state index contributed by atoms with van der Waals surface area (Å²) in [5, 5.41) is 5.61. The van der Waals surface area contributed by atoms with E-state index in [4.69, 9.17) is 10.5 Å². The zero-order chi connectivity index (χ0) is 27.7. The summed E-state index contributed by atoms with van der Waals surface area (Å²) in [6.45, 7) is 8.89. The van der Waals surface area contributed by atoms with Gasteiger partial charge < -0.3 is 26.0 Å². The number of amides is 3. The SMILES string of the molecule is CCCN(CCCNC(=O)OC(C)(C)C)C(=O)C1=Cc2ccc(NC(=O)c3ccccc3)cc2N=C(N)C1. The molecule has 9 nitrogen and oxygen atoms in total. The van der Waals surface area contributed by atoms with E-state index in [0.717, 1.165) is 12.0 Å². The second-order valence-electron chi connectivity index (χ2n) is 10.1. The molecule has 3 amide bonds. The van der Waals surface area contributed by atoms with Gasteiger partial charge in [-0.3, -0.25) is 9.59 Å². The minimum absolute atomic E-state index is 0.114. The number of fused-ring (bicyclic) bond motifs is 1. The van der Waals surface area contributed by atoms with Crippen LogP contribution >= 0.6 is 0 Å². The van der Waals surface area contributed by atoms with E-state index in [0.29, 0.717) is 54.4 Å². The number of benzene rings is 2. The molecule has 0 radical (unpaired) electrons. The zero-order valence-electron chi connectivity index (χ0n) is 22.5. The van der Waals surface area contributed by atoms with Crippen LogP contribution in [0.1, 0.15) is 62.9 Å². The molecule has 0 saturated carbocycles. The number of nitrogens with two attached hydrogens (primary N) is 1. The summed E-state index contributed by atoms with van der Waals surface area (Å²) in [7, 11) is 0. The van der Waals surface area contributed by atoms with Gasteiger partial charge in [-0.25, -0.2) is 9.79 Å². The molecular formula is C29H37N5O4. The Hall–Kier alpha value is -4.14. The minimum atomic E-state index is -0.563. The van der Waals surface area contributed by atoms with Gasteiger partial charge in [-0.15, -0.1) is 0 Å². The number of nitrogens with one attached hydrogen (secondary N) is 2.